The SMILES string of the molecule is NC(=O)c1ccc(CN2CCCCC2CO)c(Cl)c1. The zero-order valence-corrected chi connectivity index (χ0v) is 11.6. The summed E-state index contributed by atoms with van der Waals surface area (Å²) in [5, 5.41) is 9.94. The van der Waals surface area contributed by atoms with E-state index in [0.29, 0.717) is 17.1 Å². The van der Waals surface area contributed by atoms with Crippen LogP contribution in [0.3, 0.4) is 0 Å². The number of nitrogens with two attached hydrogens (primary N) is 1. The van der Waals surface area contributed by atoms with Crippen molar-refractivity contribution in [1.29, 1.82) is 0 Å². The number of hydrogen-bond donors (Lipinski definition) is 2. The van der Waals surface area contributed by atoms with Crippen molar-refractivity contribution in [2.75, 3.05) is 13.2 Å². The number of aliphatic hydroxyl groups is 1. The molecular weight excluding hydrogens is 264 g/mol. The van der Waals surface area contributed by atoms with E-state index in [-0.39, 0.29) is 12.6 Å². The van der Waals surface area contributed by atoms with Crippen molar-refractivity contribution in [2.24, 2.45) is 5.73 Å². The van der Waals surface area contributed by atoms with Gasteiger partial charge in [0.15, 0.2) is 0 Å². The van der Waals surface area contributed by atoms with E-state index in [0.717, 1.165) is 31.4 Å². The molecule has 5 heteroatoms. The van der Waals surface area contributed by atoms with Gasteiger partial charge in [0.1, 0.15) is 0 Å². The molecule has 1 aliphatic rings. The van der Waals surface area contributed by atoms with Crippen molar-refractivity contribution in [3.63, 3.8) is 0 Å². The van der Waals surface area contributed by atoms with Gasteiger partial charge in [-0.1, -0.05) is 24.1 Å². The minimum absolute atomic E-state index is 0.178. The Bertz CT molecular complexity index is 465. The molecular formula is C14H19ClN2O2. The Balaban J connectivity index is 2.11. The molecule has 0 saturated carbocycles. The number of halogens is 1. The van der Waals surface area contributed by atoms with E-state index in [4.69, 9.17) is 17.3 Å². The summed E-state index contributed by atoms with van der Waals surface area (Å²) in [5.74, 6) is -0.473. The molecule has 1 aliphatic heterocycles. The van der Waals surface area contributed by atoms with Gasteiger partial charge in [-0.25, -0.2) is 0 Å². The van der Waals surface area contributed by atoms with Gasteiger partial charge in [0.05, 0.1) is 6.61 Å². The molecule has 0 bridgehead atoms. The number of amides is 1. The van der Waals surface area contributed by atoms with Crippen LogP contribution in [0.25, 0.3) is 0 Å². The summed E-state index contributed by atoms with van der Waals surface area (Å²) in [6.45, 7) is 1.85. The quantitative estimate of drug-likeness (QED) is 0.885. The number of rotatable bonds is 4. The van der Waals surface area contributed by atoms with E-state index in [9.17, 15) is 9.90 Å². The summed E-state index contributed by atoms with van der Waals surface area (Å²) < 4.78 is 0. The maximum Gasteiger partial charge on any atom is 0.248 e. The van der Waals surface area contributed by atoms with Gasteiger partial charge < -0.3 is 10.8 Å². The molecule has 1 fully saturated rings. The molecule has 2 rings (SSSR count). The van der Waals surface area contributed by atoms with E-state index in [1.165, 1.54) is 0 Å². The second-order valence-electron chi connectivity index (χ2n) is 4.97. The smallest absolute Gasteiger partial charge is 0.248 e. The molecule has 1 aromatic rings. The normalized spacial score (nSPS) is 20.4. The first kappa shape index (κ1) is 14.3. The lowest BCUT2D eigenvalue weighted by atomic mass is 10.0. The van der Waals surface area contributed by atoms with E-state index < -0.39 is 5.91 Å². The maximum atomic E-state index is 11.1. The van der Waals surface area contributed by atoms with Gasteiger partial charge in [-0.05, 0) is 37.1 Å². The Morgan fingerprint density at radius 3 is 2.89 bits per heavy atom. The lowest BCUT2D eigenvalue weighted by Gasteiger charge is -2.34. The van der Waals surface area contributed by atoms with E-state index in [2.05, 4.69) is 4.90 Å². The summed E-state index contributed by atoms with van der Waals surface area (Å²) in [6, 6.07) is 5.35. The fourth-order valence-corrected chi connectivity index (χ4v) is 2.76. The van der Waals surface area contributed by atoms with Crippen LogP contribution >= 0.6 is 11.6 Å². The highest BCUT2D eigenvalue weighted by molar-refractivity contribution is 6.31. The molecule has 1 aromatic carbocycles. The molecule has 4 nitrogen and oxygen atoms in total. The van der Waals surface area contributed by atoms with Crippen molar-refractivity contribution >= 4 is 17.5 Å². The molecule has 1 unspecified atom stereocenters. The van der Waals surface area contributed by atoms with Crippen molar-refractivity contribution in [2.45, 2.75) is 31.8 Å². The molecule has 1 atom stereocenters. The van der Waals surface area contributed by atoms with Gasteiger partial charge in [-0.3, -0.25) is 9.69 Å². The predicted octanol–water partition coefficient (Wildman–Crippen LogP) is 1.79. The topological polar surface area (TPSA) is 66.6 Å². The number of likely N-dealkylation sites (tertiary alicyclic amines) is 1. The number of carbonyl (C=O) groups is 1. The van der Waals surface area contributed by atoms with Crippen LogP contribution in [0.15, 0.2) is 18.2 Å². The first-order valence-corrected chi connectivity index (χ1v) is 6.92. The molecule has 1 saturated heterocycles. The molecule has 0 radical (unpaired) electrons. The Labute approximate surface area is 118 Å². The third-order valence-corrected chi connectivity index (χ3v) is 4.02. The first-order chi connectivity index (χ1) is 9.11. The van der Waals surface area contributed by atoms with Gasteiger partial charge in [0.25, 0.3) is 0 Å². The van der Waals surface area contributed by atoms with Gasteiger partial charge in [-0.15, -0.1) is 0 Å². The fourth-order valence-electron chi connectivity index (χ4n) is 2.52. The highest BCUT2D eigenvalue weighted by Crippen LogP contribution is 2.24. The number of aliphatic hydroxyl groups excluding tert-OH is 1. The van der Waals surface area contributed by atoms with Crippen LogP contribution < -0.4 is 5.73 Å². The van der Waals surface area contributed by atoms with Crippen molar-refractivity contribution in [3.8, 4) is 0 Å². The zero-order chi connectivity index (χ0) is 13.8. The number of nitrogens with zero attached hydrogens (tertiary/aromatic N) is 1. The van der Waals surface area contributed by atoms with Crippen LogP contribution in [0.4, 0.5) is 0 Å². The van der Waals surface area contributed by atoms with Crippen molar-refractivity contribution in [1.82, 2.24) is 4.90 Å². The highest BCUT2D eigenvalue weighted by Gasteiger charge is 2.22. The molecule has 1 heterocycles. The summed E-state index contributed by atoms with van der Waals surface area (Å²) in [6.07, 6.45) is 3.33. The minimum atomic E-state index is -0.473. The molecule has 3 N–H and O–H groups in total. The summed E-state index contributed by atoms with van der Waals surface area (Å²) in [7, 11) is 0. The van der Waals surface area contributed by atoms with E-state index in [1.54, 1.807) is 12.1 Å². The number of benzene rings is 1. The second kappa shape index (κ2) is 6.37. The van der Waals surface area contributed by atoms with Crippen LogP contribution in [-0.2, 0) is 6.54 Å². The monoisotopic (exact) mass is 282 g/mol. The number of primary amides is 1. The first-order valence-electron chi connectivity index (χ1n) is 6.55. The molecule has 19 heavy (non-hydrogen) atoms. The Kier molecular flexibility index (Phi) is 4.80. The third-order valence-electron chi connectivity index (χ3n) is 3.67. The van der Waals surface area contributed by atoms with Gasteiger partial charge in [0, 0.05) is 23.2 Å². The van der Waals surface area contributed by atoms with Crippen LogP contribution in [0.5, 0.6) is 0 Å². The summed E-state index contributed by atoms with van der Waals surface area (Å²) >= 11 is 6.19. The summed E-state index contributed by atoms with van der Waals surface area (Å²) in [4.78, 5) is 13.3. The standard InChI is InChI=1S/C14H19ClN2O2/c15-13-7-10(14(16)19)4-5-11(13)8-17-6-2-1-3-12(17)9-18/h4-5,7,12,18H,1-3,6,8-9H2,(H2,16,19). The van der Waals surface area contributed by atoms with E-state index in [1.807, 2.05) is 6.07 Å². The highest BCUT2D eigenvalue weighted by atomic mass is 35.5. The molecule has 0 aliphatic carbocycles. The van der Waals surface area contributed by atoms with Gasteiger partial charge in [-0.2, -0.15) is 0 Å². The average Bonchev–Trinajstić information content (AvgIpc) is 2.41. The molecule has 0 spiro atoms. The van der Waals surface area contributed by atoms with Crippen LogP contribution in [0, 0.1) is 0 Å². The Morgan fingerprint density at radius 1 is 1.47 bits per heavy atom. The molecule has 104 valence electrons. The average molecular weight is 283 g/mol. The van der Waals surface area contributed by atoms with Crippen molar-refractivity contribution in [3.05, 3.63) is 34.3 Å². The van der Waals surface area contributed by atoms with Crippen molar-refractivity contribution < 1.29 is 9.90 Å². The lowest BCUT2D eigenvalue weighted by molar-refractivity contribution is 0.0841. The second-order valence-corrected chi connectivity index (χ2v) is 5.38. The predicted molar refractivity (Wildman–Crippen MR) is 75.1 cm³/mol. The lowest BCUT2D eigenvalue weighted by Crippen LogP contribution is -2.41. The largest absolute Gasteiger partial charge is 0.395 e. The fraction of sp³-hybridized carbons (Fsp3) is 0.500. The van der Waals surface area contributed by atoms with Gasteiger partial charge in [0.2, 0.25) is 5.91 Å². The maximum absolute atomic E-state index is 11.1. The minimum Gasteiger partial charge on any atom is -0.395 e. The van der Waals surface area contributed by atoms with Gasteiger partial charge >= 0.3 is 0 Å². The van der Waals surface area contributed by atoms with Crippen LogP contribution in [0.2, 0.25) is 5.02 Å². The molecule has 0 aromatic heterocycles. The Hall–Kier alpha value is -1.10. The van der Waals surface area contributed by atoms with E-state index >= 15 is 0 Å². The Morgan fingerprint density at radius 2 is 2.26 bits per heavy atom. The number of piperidine rings is 1. The number of hydrogen-bond acceptors (Lipinski definition) is 3. The zero-order valence-electron chi connectivity index (χ0n) is 10.8. The third kappa shape index (κ3) is 3.47. The van der Waals surface area contributed by atoms with Crippen LogP contribution in [-0.4, -0.2) is 35.1 Å². The van der Waals surface area contributed by atoms with Crippen LogP contribution in [0.1, 0.15) is 35.2 Å². The summed E-state index contributed by atoms with van der Waals surface area (Å²) in [5.41, 5.74) is 6.61. The number of carbonyl (C=O) groups excluding carboxylic acids is 1. The molecule has 1 amide bonds.